The molecular weight excluding hydrogens is 380 g/mol. The summed E-state index contributed by atoms with van der Waals surface area (Å²) in [6.07, 6.45) is 3.67. The molecule has 130 valence electrons. The first-order valence-corrected chi connectivity index (χ1v) is 8.79. The Balaban J connectivity index is 0.00000264. The molecule has 0 spiro atoms. The number of ether oxygens (including phenoxy) is 1. The van der Waals surface area contributed by atoms with E-state index in [1.807, 2.05) is 36.2 Å². The molecule has 0 bridgehead atoms. The highest BCUT2D eigenvalue weighted by molar-refractivity contribution is 9.10. The first-order valence-electron chi connectivity index (χ1n) is 8.00. The van der Waals surface area contributed by atoms with Gasteiger partial charge in [0.1, 0.15) is 5.75 Å². The molecule has 1 heterocycles. The topological polar surface area (TPSA) is 41.6 Å². The predicted molar refractivity (Wildman–Crippen MR) is 99.3 cm³/mol. The van der Waals surface area contributed by atoms with E-state index in [-0.39, 0.29) is 18.3 Å². The quantitative estimate of drug-likeness (QED) is 0.706. The smallest absolute Gasteiger partial charge is 0.222 e. The van der Waals surface area contributed by atoms with Gasteiger partial charge in [0, 0.05) is 24.0 Å². The molecule has 1 atom stereocenters. The number of nitrogens with zero attached hydrogens (tertiary/aromatic N) is 1. The van der Waals surface area contributed by atoms with Crippen molar-refractivity contribution in [1.82, 2.24) is 10.2 Å². The summed E-state index contributed by atoms with van der Waals surface area (Å²) in [4.78, 5) is 14.3. The summed E-state index contributed by atoms with van der Waals surface area (Å²) in [6, 6.07) is 7.78. The van der Waals surface area contributed by atoms with Gasteiger partial charge in [-0.05, 0) is 57.0 Å². The fourth-order valence-electron chi connectivity index (χ4n) is 2.88. The Kier molecular flexibility index (Phi) is 9.60. The van der Waals surface area contributed by atoms with E-state index >= 15 is 0 Å². The van der Waals surface area contributed by atoms with Crippen molar-refractivity contribution in [2.45, 2.75) is 25.7 Å². The molecule has 1 N–H and O–H groups in total. The second kappa shape index (κ2) is 10.9. The number of likely N-dealkylation sites (tertiary alicyclic amines) is 1. The lowest BCUT2D eigenvalue weighted by Gasteiger charge is -2.32. The summed E-state index contributed by atoms with van der Waals surface area (Å²) in [5.74, 6) is 1.70. The van der Waals surface area contributed by atoms with Crippen LogP contribution in [-0.4, -0.2) is 44.1 Å². The molecule has 1 fully saturated rings. The first kappa shape index (κ1) is 20.3. The van der Waals surface area contributed by atoms with Gasteiger partial charge >= 0.3 is 0 Å². The van der Waals surface area contributed by atoms with Crippen LogP contribution in [0.2, 0.25) is 0 Å². The number of benzene rings is 1. The maximum Gasteiger partial charge on any atom is 0.222 e. The van der Waals surface area contributed by atoms with Gasteiger partial charge < -0.3 is 15.0 Å². The third kappa shape index (κ3) is 7.10. The van der Waals surface area contributed by atoms with Gasteiger partial charge in [-0.25, -0.2) is 0 Å². The van der Waals surface area contributed by atoms with Gasteiger partial charge in [-0.15, -0.1) is 12.4 Å². The highest BCUT2D eigenvalue weighted by Crippen LogP contribution is 2.19. The zero-order valence-corrected chi connectivity index (χ0v) is 16.0. The molecule has 1 aliphatic rings. The molecule has 1 amide bonds. The second-order valence-corrected chi connectivity index (χ2v) is 6.73. The van der Waals surface area contributed by atoms with Gasteiger partial charge in [-0.2, -0.15) is 0 Å². The molecule has 0 aliphatic carbocycles. The number of rotatable bonds is 7. The maximum absolute atomic E-state index is 12.3. The number of amides is 1. The fourth-order valence-corrected chi connectivity index (χ4v) is 3.25. The molecule has 1 aromatic carbocycles. The van der Waals surface area contributed by atoms with E-state index in [0.29, 0.717) is 18.9 Å². The van der Waals surface area contributed by atoms with Crippen LogP contribution >= 0.6 is 28.3 Å². The fraction of sp³-hybridized carbons (Fsp3) is 0.588. The minimum atomic E-state index is 0. The molecule has 1 saturated heterocycles. The van der Waals surface area contributed by atoms with Crippen LogP contribution in [0.5, 0.6) is 5.75 Å². The molecule has 0 radical (unpaired) electrons. The SMILES string of the molecule is CNCC1CCCN(C(=O)CCCOc2cccc(Br)c2)C1.Cl. The van der Waals surface area contributed by atoms with Gasteiger partial charge in [0.25, 0.3) is 0 Å². The minimum Gasteiger partial charge on any atom is -0.494 e. The average Bonchev–Trinajstić information content (AvgIpc) is 2.52. The van der Waals surface area contributed by atoms with Crippen molar-refractivity contribution in [3.05, 3.63) is 28.7 Å². The van der Waals surface area contributed by atoms with Crippen molar-refractivity contribution >= 4 is 34.2 Å². The Labute approximate surface area is 153 Å². The van der Waals surface area contributed by atoms with Gasteiger partial charge in [0.2, 0.25) is 5.91 Å². The number of piperidine rings is 1. The van der Waals surface area contributed by atoms with Crippen LogP contribution in [0.15, 0.2) is 28.7 Å². The zero-order chi connectivity index (χ0) is 15.8. The Hall–Kier alpha value is -0.780. The van der Waals surface area contributed by atoms with E-state index in [0.717, 1.165) is 42.7 Å². The molecule has 4 nitrogen and oxygen atoms in total. The molecule has 1 aliphatic heterocycles. The van der Waals surface area contributed by atoms with Crippen LogP contribution in [-0.2, 0) is 4.79 Å². The molecule has 6 heteroatoms. The Bertz CT molecular complexity index is 485. The van der Waals surface area contributed by atoms with Crippen molar-refractivity contribution in [3.63, 3.8) is 0 Å². The first-order chi connectivity index (χ1) is 10.7. The predicted octanol–water partition coefficient (Wildman–Crippen LogP) is 3.49. The van der Waals surface area contributed by atoms with E-state index in [1.165, 1.54) is 6.42 Å². The normalized spacial score (nSPS) is 17.5. The molecule has 1 aromatic rings. The highest BCUT2D eigenvalue weighted by Gasteiger charge is 2.22. The Morgan fingerprint density at radius 2 is 2.30 bits per heavy atom. The third-order valence-corrected chi connectivity index (χ3v) is 4.46. The Morgan fingerprint density at radius 3 is 3.04 bits per heavy atom. The van der Waals surface area contributed by atoms with Crippen LogP contribution in [0.1, 0.15) is 25.7 Å². The van der Waals surface area contributed by atoms with Crippen LogP contribution in [0.4, 0.5) is 0 Å². The van der Waals surface area contributed by atoms with Crippen LogP contribution in [0.25, 0.3) is 0 Å². The van der Waals surface area contributed by atoms with E-state index in [9.17, 15) is 4.79 Å². The number of hydrogen-bond acceptors (Lipinski definition) is 3. The molecule has 23 heavy (non-hydrogen) atoms. The molecule has 0 aromatic heterocycles. The van der Waals surface area contributed by atoms with Crippen molar-refractivity contribution in [1.29, 1.82) is 0 Å². The lowest BCUT2D eigenvalue weighted by atomic mass is 9.97. The molecular formula is C17H26BrClN2O2. The summed E-state index contributed by atoms with van der Waals surface area (Å²) < 4.78 is 6.68. The Morgan fingerprint density at radius 1 is 1.48 bits per heavy atom. The maximum atomic E-state index is 12.3. The number of carbonyl (C=O) groups excluding carboxylic acids is 1. The standard InChI is InChI=1S/C17H25BrN2O2.ClH/c1-19-12-14-5-3-9-20(13-14)17(21)8-4-10-22-16-7-2-6-15(18)11-16;/h2,6-7,11,14,19H,3-5,8-10,12-13H2,1H3;1H. The summed E-state index contributed by atoms with van der Waals surface area (Å²) in [7, 11) is 1.97. The second-order valence-electron chi connectivity index (χ2n) is 5.82. The van der Waals surface area contributed by atoms with Gasteiger partial charge in [-0.1, -0.05) is 22.0 Å². The number of hydrogen-bond donors (Lipinski definition) is 1. The molecule has 0 saturated carbocycles. The summed E-state index contributed by atoms with van der Waals surface area (Å²) in [5, 5.41) is 3.21. The average molecular weight is 406 g/mol. The van der Waals surface area contributed by atoms with Crippen molar-refractivity contribution < 1.29 is 9.53 Å². The highest BCUT2D eigenvalue weighted by atomic mass is 79.9. The summed E-state index contributed by atoms with van der Waals surface area (Å²) in [6.45, 7) is 3.38. The van der Waals surface area contributed by atoms with Gasteiger partial charge in [0.15, 0.2) is 0 Å². The number of nitrogens with one attached hydrogen (secondary N) is 1. The zero-order valence-electron chi connectivity index (χ0n) is 13.6. The minimum absolute atomic E-state index is 0. The van der Waals surface area contributed by atoms with Crippen LogP contribution in [0, 0.1) is 5.92 Å². The lowest BCUT2D eigenvalue weighted by molar-refractivity contribution is -0.133. The van der Waals surface area contributed by atoms with Crippen molar-refractivity contribution in [2.24, 2.45) is 5.92 Å². The van der Waals surface area contributed by atoms with Crippen molar-refractivity contribution in [3.8, 4) is 5.75 Å². The summed E-state index contributed by atoms with van der Waals surface area (Å²) >= 11 is 3.42. The largest absolute Gasteiger partial charge is 0.494 e. The number of halogens is 2. The molecule has 2 rings (SSSR count). The lowest BCUT2D eigenvalue weighted by Crippen LogP contribution is -2.42. The van der Waals surface area contributed by atoms with Crippen LogP contribution in [0.3, 0.4) is 0 Å². The monoisotopic (exact) mass is 404 g/mol. The van der Waals surface area contributed by atoms with E-state index < -0.39 is 0 Å². The van der Waals surface area contributed by atoms with E-state index in [1.54, 1.807) is 0 Å². The van der Waals surface area contributed by atoms with Gasteiger partial charge in [0.05, 0.1) is 6.61 Å². The summed E-state index contributed by atoms with van der Waals surface area (Å²) in [5.41, 5.74) is 0. The number of carbonyl (C=O) groups is 1. The van der Waals surface area contributed by atoms with Crippen LogP contribution < -0.4 is 10.1 Å². The van der Waals surface area contributed by atoms with E-state index in [4.69, 9.17) is 4.74 Å². The van der Waals surface area contributed by atoms with E-state index in [2.05, 4.69) is 21.2 Å². The van der Waals surface area contributed by atoms with Crippen molar-refractivity contribution in [2.75, 3.05) is 33.3 Å². The molecule has 1 unspecified atom stereocenters. The third-order valence-electron chi connectivity index (χ3n) is 3.96. The van der Waals surface area contributed by atoms with Gasteiger partial charge in [-0.3, -0.25) is 4.79 Å².